The molecule has 0 saturated heterocycles. The summed E-state index contributed by atoms with van der Waals surface area (Å²) in [6.45, 7) is 2.18. The molecule has 0 amide bonds. The number of aromatic hydroxyl groups is 1. The largest absolute Gasteiger partial charge is 0.508 e. The van der Waals surface area contributed by atoms with Crippen LogP contribution in [0.25, 0.3) is 0 Å². The van der Waals surface area contributed by atoms with E-state index >= 15 is 0 Å². The summed E-state index contributed by atoms with van der Waals surface area (Å²) in [6, 6.07) is 36.7. The molecule has 1 aromatic heterocycles. The Balaban J connectivity index is 0.000000181. The normalized spacial score (nSPS) is 11.0. The lowest BCUT2D eigenvalue weighted by Gasteiger charge is -2.04. The summed E-state index contributed by atoms with van der Waals surface area (Å²) in [7, 11) is 0. The van der Waals surface area contributed by atoms with Gasteiger partial charge in [-0.1, -0.05) is 72.8 Å². The predicted octanol–water partition coefficient (Wildman–Crippen LogP) is 5.87. The molecule has 0 unspecified atom stereocenters. The van der Waals surface area contributed by atoms with E-state index in [-0.39, 0.29) is 31.0 Å². The topological polar surface area (TPSA) is 132 Å². The van der Waals surface area contributed by atoms with Crippen LogP contribution in [0.2, 0.25) is 0 Å². The van der Waals surface area contributed by atoms with Crippen LogP contribution in [-0.4, -0.2) is 45.7 Å². The number of hydrogen-bond acceptors (Lipinski definition) is 8. The standard InChI is InChI=1S/C18H15N3O2.C12H14O4.C6H6O/c22-18-11-14(12-23-15-7-2-1-3-8-15)20-21(18)17-10-13-6-4-5-9-16(13)19-17;1-2-15-12(14)8-10(13)9-16-11-6-4-3-5-7-11;7-6-4-2-1-3-5-6/h1-9,11,20H,10,12H2;3-7H,2,8-9H2,1H3;1-5,7H. The maximum absolute atomic E-state index is 12.2. The van der Waals surface area contributed by atoms with E-state index in [1.54, 1.807) is 49.4 Å². The first kappa shape index (κ1) is 33.0. The van der Waals surface area contributed by atoms with Gasteiger partial charge in [-0.05, 0) is 55.0 Å². The molecule has 2 heterocycles. The van der Waals surface area contributed by atoms with Crippen LogP contribution in [0.1, 0.15) is 24.6 Å². The number of carbonyl (C=O) groups excluding carboxylic acids is 2. The average Bonchev–Trinajstić information content (AvgIpc) is 3.68. The SMILES string of the molecule is CCOC(=O)CC(=O)COc1ccccc1.O=c1cc(COc2ccccc2)[nH]n1C1=Nc2ccccc2C1.Oc1ccccc1. The van der Waals surface area contributed by atoms with Gasteiger partial charge < -0.3 is 19.3 Å². The molecule has 1 aliphatic heterocycles. The Hall–Kier alpha value is -5.90. The number of aromatic amines is 1. The van der Waals surface area contributed by atoms with E-state index in [9.17, 15) is 14.4 Å². The molecule has 6 rings (SSSR count). The number of nitrogens with zero attached hydrogens (tertiary/aromatic N) is 2. The number of fused-ring (bicyclic) bond motifs is 1. The van der Waals surface area contributed by atoms with Gasteiger partial charge in [-0.2, -0.15) is 0 Å². The van der Waals surface area contributed by atoms with Gasteiger partial charge in [-0.3, -0.25) is 19.5 Å². The Morgan fingerprint density at radius 3 is 2.00 bits per heavy atom. The molecule has 4 aromatic carbocycles. The monoisotopic (exact) mass is 621 g/mol. The molecule has 10 nitrogen and oxygen atoms in total. The number of carbonyl (C=O) groups is 2. The number of Topliss-reactive ketones (excluding diaryl/α,β-unsaturated/α-hetero) is 1. The number of phenols is 1. The molecule has 236 valence electrons. The molecule has 0 aliphatic carbocycles. The molecule has 2 N–H and O–H groups in total. The summed E-state index contributed by atoms with van der Waals surface area (Å²) in [4.78, 5) is 38.9. The number of benzene rings is 4. The van der Waals surface area contributed by atoms with E-state index < -0.39 is 5.97 Å². The third-order valence-corrected chi connectivity index (χ3v) is 6.30. The molecule has 0 atom stereocenters. The first-order valence-corrected chi connectivity index (χ1v) is 14.6. The molecule has 5 aromatic rings. The molecular formula is C36H35N3O7. The predicted molar refractivity (Wildman–Crippen MR) is 175 cm³/mol. The van der Waals surface area contributed by atoms with Crippen molar-refractivity contribution in [3.8, 4) is 17.2 Å². The lowest BCUT2D eigenvalue weighted by molar-refractivity contribution is -0.145. The van der Waals surface area contributed by atoms with Crippen molar-refractivity contribution in [3.05, 3.63) is 143 Å². The van der Waals surface area contributed by atoms with E-state index in [0.717, 1.165) is 22.7 Å². The number of hydrogen-bond donors (Lipinski definition) is 2. The minimum absolute atomic E-state index is 0.108. The Morgan fingerprint density at radius 2 is 1.41 bits per heavy atom. The molecule has 0 radical (unpaired) electrons. The Bertz CT molecular complexity index is 1770. The second-order valence-corrected chi connectivity index (χ2v) is 9.85. The second-order valence-electron chi connectivity index (χ2n) is 9.85. The van der Waals surface area contributed by atoms with E-state index in [4.69, 9.17) is 14.6 Å². The van der Waals surface area contributed by atoms with Gasteiger partial charge in [-0.25, -0.2) is 9.67 Å². The van der Waals surface area contributed by atoms with E-state index in [0.29, 0.717) is 30.4 Å². The first-order valence-electron chi connectivity index (χ1n) is 14.6. The van der Waals surface area contributed by atoms with Crippen molar-refractivity contribution in [1.29, 1.82) is 0 Å². The van der Waals surface area contributed by atoms with Crippen LogP contribution in [0.15, 0.2) is 131 Å². The minimum Gasteiger partial charge on any atom is -0.508 e. The smallest absolute Gasteiger partial charge is 0.313 e. The zero-order chi connectivity index (χ0) is 32.6. The number of aromatic nitrogens is 2. The molecule has 0 fully saturated rings. The number of nitrogens with one attached hydrogen (secondary N) is 1. The molecule has 46 heavy (non-hydrogen) atoms. The quantitative estimate of drug-likeness (QED) is 0.155. The first-order chi connectivity index (χ1) is 22.4. The van der Waals surface area contributed by atoms with Crippen molar-refractivity contribution in [2.24, 2.45) is 4.99 Å². The van der Waals surface area contributed by atoms with Gasteiger partial charge in [0.1, 0.15) is 42.7 Å². The van der Waals surface area contributed by atoms with Crippen LogP contribution in [0.5, 0.6) is 17.2 Å². The highest BCUT2D eigenvalue weighted by molar-refractivity contribution is 5.96. The molecular weight excluding hydrogens is 586 g/mol. The highest BCUT2D eigenvalue weighted by Gasteiger charge is 2.18. The summed E-state index contributed by atoms with van der Waals surface area (Å²) >= 11 is 0. The number of esters is 1. The van der Waals surface area contributed by atoms with Gasteiger partial charge in [0.25, 0.3) is 5.56 Å². The van der Waals surface area contributed by atoms with E-state index in [1.165, 1.54) is 4.68 Å². The third-order valence-electron chi connectivity index (χ3n) is 6.30. The number of rotatable bonds is 9. The van der Waals surface area contributed by atoms with Crippen LogP contribution in [0.4, 0.5) is 5.69 Å². The number of H-pyrrole nitrogens is 1. The minimum atomic E-state index is -0.510. The molecule has 10 heteroatoms. The summed E-state index contributed by atoms with van der Waals surface area (Å²) in [5.74, 6) is 1.61. The number of ether oxygens (including phenoxy) is 3. The average molecular weight is 622 g/mol. The van der Waals surface area contributed by atoms with Gasteiger partial charge in [0.2, 0.25) is 0 Å². The number of ketones is 1. The molecule has 1 aliphatic rings. The van der Waals surface area contributed by atoms with Crippen molar-refractivity contribution in [1.82, 2.24) is 9.78 Å². The summed E-state index contributed by atoms with van der Waals surface area (Å²) in [5, 5.41) is 11.7. The van der Waals surface area contributed by atoms with Crippen molar-refractivity contribution in [3.63, 3.8) is 0 Å². The van der Waals surface area contributed by atoms with Crippen molar-refractivity contribution < 1.29 is 28.9 Å². The maximum Gasteiger partial charge on any atom is 0.313 e. The highest BCUT2D eigenvalue weighted by Crippen LogP contribution is 2.25. The van der Waals surface area contributed by atoms with Gasteiger partial charge in [0, 0.05) is 12.5 Å². The van der Waals surface area contributed by atoms with Crippen LogP contribution in [-0.2, 0) is 27.4 Å². The second kappa shape index (κ2) is 17.4. The maximum atomic E-state index is 12.2. The Labute approximate surface area is 266 Å². The zero-order valence-corrected chi connectivity index (χ0v) is 25.4. The van der Waals surface area contributed by atoms with Crippen molar-refractivity contribution >= 4 is 23.3 Å². The van der Waals surface area contributed by atoms with Gasteiger partial charge >= 0.3 is 5.97 Å². The summed E-state index contributed by atoms with van der Waals surface area (Å²) in [6.07, 6.45) is 0.413. The van der Waals surface area contributed by atoms with Gasteiger partial charge in [0.15, 0.2) is 5.78 Å². The highest BCUT2D eigenvalue weighted by atomic mass is 16.5. The fourth-order valence-corrected chi connectivity index (χ4v) is 4.17. The lowest BCUT2D eigenvalue weighted by atomic mass is 10.1. The fourth-order valence-electron chi connectivity index (χ4n) is 4.17. The molecule has 0 bridgehead atoms. The Morgan fingerprint density at radius 1 is 0.826 bits per heavy atom. The number of phenolic OH excluding ortho intramolecular Hbond substituents is 1. The van der Waals surface area contributed by atoms with Crippen molar-refractivity contribution in [2.75, 3.05) is 13.2 Å². The van der Waals surface area contributed by atoms with Crippen LogP contribution < -0.4 is 15.0 Å². The lowest BCUT2D eigenvalue weighted by Crippen LogP contribution is -2.24. The van der Waals surface area contributed by atoms with Crippen LogP contribution in [0.3, 0.4) is 0 Å². The van der Waals surface area contributed by atoms with Gasteiger partial charge in [-0.15, -0.1) is 0 Å². The zero-order valence-electron chi connectivity index (χ0n) is 25.4. The molecule has 0 spiro atoms. The number of aliphatic imine (C=N–C) groups is 1. The van der Waals surface area contributed by atoms with E-state index in [1.807, 2.05) is 78.9 Å². The Kier molecular flexibility index (Phi) is 12.5. The van der Waals surface area contributed by atoms with Crippen LogP contribution in [0, 0.1) is 0 Å². The fraction of sp³-hybridized carbons (Fsp3) is 0.167. The van der Waals surface area contributed by atoms with Crippen molar-refractivity contribution in [2.45, 2.75) is 26.4 Å². The third kappa shape index (κ3) is 10.7. The summed E-state index contributed by atoms with van der Waals surface area (Å²) < 4.78 is 17.0. The summed E-state index contributed by atoms with van der Waals surface area (Å²) in [5.41, 5.74) is 2.65. The van der Waals surface area contributed by atoms with Gasteiger partial charge in [0.05, 0.1) is 18.0 Å². The number of para-hydroxylation sites is 4. The van der Waals surface area contributed by atoms with Crippen LogP contribution >= 0.6 is 0 Å². The molecule has 0 saturated carbocycles. The van der Waals surface area contributed by atoms with E-state index in [2.05, 4.69) is 14.8 Å².